The molecule has 15 heavy (non-hydrogen) atoms. The SMILES string of the molecule is O=[N+]([O-])C1=CC2NSNC2c2nsnc21. The van der Waals surface area contributed by atoms with Crippen LogP contribution in [0.4, 0.5) is 0 Å². The lowest BCUT2D eigenvalue weighted by Crippen LogP contribution is -2.29. The Morgan fingerprint density at radius 3 is 3.13 bits per heavy atom. The molecule has 0 radical (unpaired) electrons. The van der Waals surface area contributed by atoms with Crippen LogP contribution in [0.15, 0.2) is 6.08 Å². The van der Waals surface area contributed by atoms with Crippen molar-refractivity contribution in [2.24, 2.45) is 0 Å². The molecule has 0 spiro atoms. The summed E-state index contributed by atoms with van der Waals surface area (Å²) in [6.07, 6.45) is 1.58. The number of nitro groups is 1. The summed E-state index contributed by atoms with van der Waals surface area (Å²) in [6.45, 7) is 0. The minimum Gasteiger partial charge on any atom is -0.258 e. The standard InChI is InChI=1S/C6H5N5O2S2/c12-11(13)3-1-2-4(8-14-7-2)6-5(3)9-15-10-6/h1-2,4,7-8H. The Morgan fingerprint density at radius 1 is 1.47 bits per heavy atom. The number of fused-ring (bicyclic) bond motifs is 3. The van der Waals surface area contributed by atoms with Gasteiger partial charge < -0.3 is 0 Å². The second-order valence-electron chi connectivity index (χ2n) is 3.15. The predicted octanol–water partition coefficient (Wildman–Crippen LogP) is 0.335. The molecule has 78 valence electrons. The van der Waals surface area contributed by atoms with Gasteiger partial charge in [0, 0.05) is 18.2 Å². The average Bonchev–Trinajstić information content (AvgIpc) is 2.83. The van der Waals surface area contributed by atoms with E-state index in [1.165, 1.54) is 12.1 Å². The number of nitrogens with zero attached hydrogens (tertiary/aromatic N) is 3. The first-order valence-corrected chi connectivity index (χ1v) is 5.68. The van der Waals surface area contributed by atoms with Gasteiger partial charge in [-0.25, -0.2) is 9.44 Å². The number of hydrogen-bond acceptors (Lipinski definition) is 8. The van der Waals surface area contributed by atoms with Gasteiger partial charge in [-0.1, -0.05) is 0 Å². The van der Waals surface area contributed by atoms with E-state index < -0.39 is 4.92 Å². The summed E-state index contributed by atoms with van der Waals surface area (Å²) in [5.41, 5.74) is 1.09. The summed E-state index contributed by atoms with van der Waals surface area (Å²) < 4.78 is 14.2. The number of nitrogens with one attached hydrogen (secondary N) is 2. The van der Waals surface area contributed by atoms with E-state index in [9.17, 15) is 10.1 Å². The molecule has 7 nitrogen and oxygen atoms in total. The van der Waals surface area contributed by atoms with Crippen LogP contribution in [0.25, 0.3) is 5.70 Å². The van der Waals surface area contributed by atoms with Crippen LogP contribution >= 0.6 is 23.9 Å². The molecule has 2 N–H and O–H groups in total. The van der Waals surface area contributed by atoms with Gasteiger partial charge in [0.1, 0.15) is 5.69 Å². The fourth-order valence-corrected chi connectivity index (χ4v) is 3.03. The van der Waals surface area contributed by atoms with Gasteiger partial charge in [-0.2, -0.15) is 8.75 Å². The number of rotatable bonds is 1. The zero-order valence-corrected chi connectivity index (χ0v) is 8.84. The Morgan fingerprint density at radius 2 is 2.33 bits per heavy atom. The third-order valence-corrected chi connectivity index (χ3v) is 3.63. The van der Waals surface area contributed by atoms with Crippen LogP contribution in [-0.2, 0) is 0 Å². The van der Waals surface area contributed by atoms with Gasteiger partial charge in [0.25, 0.3) is 5.70 Å². The highest BCUT2D eigenvalue weighted by Gasteiger charge is 2.40. The van der Waals surface area contributed by atoms with Gasteiger partial charge in [-0.3, -0.25) is 10.1 Å². The predicted molar refractivity (Wildman–Crippen MR) is 55.3 cm³/mol. The molecule has 0 saturated carbocycles. The van der Waals surface area contributed by atoms with E-state index in [-0.39, 0.29) is 17.8 Å². The summed E-state index contributed by atoms with van der Waals surface area (Å²) in [5.74, 6) is 0. The Hall–Kier alpha value is -1.03. The van der Waals surface area contributed by atoms with Crippen molar-refractivity contribution < 1.29 is 4.92 Å². The fourth-order valence-electron chi connectivity index (χ4n) is 1.64. The second-order valence-corrected chi connectivity index (χ2v) is 4.35. The first-order chi connectivity index (χ1) is 7.27. The fraction of sp³-hybridized carbons (Fsp3) is 0.333. The zero-order valence-electron chi connectivity index (χ0n) is 7.21. The van der Waals surface area contributed by atoms with Crippen molar-refractivity contribution >= 4 is 29.6 Å². The maximum Gasteiger partial charge on any atom is 0.295 e. The lowest BCUT2D eigenvalue weighted by Gasteiger charge is -2.16. The van der Waals surface area contributed by atoms with Gasteiger partial charge in [0.2, 0.25) is 0 Å². The highest BCUT2D eigenvalue weighted by atomic mass is 32.2. The largest absolute Gasteiger partial charge is 0.295 e. The van der Waals surface area contributed by atoms with E-state index in [0.717, 1.165) is 11.7 Å². The van der Waals surface area contributed by atoms with Crippen molar-refractivity contribution in [3.8, 4) is 0 Å². The summed E-state index contributed by atoms with van der Waals surface area (Å²) in [6, 6.07) is -0.112. The maximum absolute atomic E-state index is 10.8. The van der Waals surface area contributed by atoms with Crippen LogP contribution < -0.4 is 9.44 Å². The molecular formula is C6H5N5O2S2. The topological polar surface area (TPSA) is 93.0 Å². The summed E-state index contributed by atoms with van der Waals surface area (Å²) in [4.78, 5) is 10.4. The molecule has 1 fully saturated rings. The highest BCUT2D eigenvalue weighted by Crippen LogP contribution is 2.36. The molecule has 1 aliphatic heterocycles. The van der Waals surface area contributed by atoms with Crippen LogP contribution in [0.5, 0.6) is 0 Å². The van der Waals surface area contributed by atoms with Gasteiger partial charge in [0.05, 0.1) is 28.7 Å². The van der Waals surface area contributed by atoms with Gasteiger partial charge in [-0.05, 0) is 0 Å². The molecule has 9 heteroatoms. The average molecular weight is 243 g/mol. The van der Waals surface area contributed by atoms with E-state index in [1.807, 2.05) is 0 Å². The molecule has 2 unspecified atom stereocenters. The van der Waals surface area contributed by atoms with Crippen LogP contribution in [0.3, 0.4) is 0 Å². The monoisotopic (exact) mass is 243 g/mol. The minimum atomic E-state index is -0.416. The molecule has 2 heterocycles. The summed E-state index contributed by atoms with van der Waals surface area (Å²) in [7, 11) is 0. The quantitative estimate of drug-likeness (QED) is 0.417. The molecule has 1 saturated heterocycles. The van der Waals surface area contributed by atoms with Crippen molar-refractivity contribution in [3.05, 3.63) is 27.6 Å². The van der Waals surface area contributed by atoms with Crippen LogP contribution in [-0.4, -0.2) is 19.7 Å². The minimum absolute atomic E-state index is 0.0209. The Kier molecular flexibility index (Phi) is 1.99. The van der Waals surface area contributed by atoms with Crippen molar-refractivity contribution in [1.29, 1.82) is 0 Å². The van der Waals surface area contributed by atoms with Crippen molar-refractivity contribution in [1.82, 2.24) is 18.2 Å². The first kappa shape index (κ1) is 9.21. The number of aromatic nitrogens is 2. The molecule has 1 aromatic heterocycles. The second kappa shape index (κ2) is 3.23. The third kappa shape index (κ3) is 1.28. The molecule has 0 amide bonds. The van der Waals surface area contributed by atoms with Crippen molar-refractivity contribution in [2.75, 3.05) is 0 Å². The Bertz CT molecular complexity index is 458. The van der Waals surface area contributed by atoms with E-state index in [2.05, 4.69) is 18.2 Å². The molecular weight excluding hydrogens is 238 g/mol. The van der Waals surface area contributed by atoms with Crippen LogP contribution in [0, 0.1) is 10.1 Å². The van der Waals surface area contributed by atoms with E-state index in [0.29, 0.717) is 11.4 Å². The van der Waals surface area contributed by atoms with Crippen molar-refractivity contribution in [3.63, 3.8) is 0 Å². The van der Waals surface area contributed by atoms with Crippen molar-refractivity contribution in [2.45, 2.75) is 12.1 Å². The van der Waals surface area contributed by atoms with Crippen LogP contribution in [0.2, 0.25) is 0 Å². The summed E-state index contributed by atoms with van der Waals surface area (Å²) >= 11 is 2.33. The van der Waals surface area contributed by atoms with Crippen LogP contribution in [0.1, 0.15) is 17.4 Å². The molecule has 0 aromatic carbocycles. The molecule has 3 rings (SSSR count). The lowest BCUT2D eigenvalue weighted by molar-refractivity contribution is -0.376. The summed E-state index contributed by atoms with van der Waals surface area (Å²) in [5, 5.41) is 10.8. The lowest BCUT2D eigenvalue weighted by atomic mass is 9.97. The van der Waals surface area contributed by atoms with Gasteiger partial charge in [-0.15, -0.1) is 0 Å². The van der Waals surface area contributed by atoms with E-state index in [1.54, 1.807) is 6.08 Å². The maximum atomic E-state index is 10.8. The van der Waals surface area contributed by atoms with Gasteiger partial charge >= 0.3 is 0 Å². The highest BCUT2D eigenvalue weighted by molar-refractivity contribution is 7.95. The van der Waals surface area contributed by atoms with E-state index >= 15 is 0 Å². The Labute approximate surface area is 92.7 Å². The zero-order chi connectivity index (χ0) is 10.4. The number of hydrogen-bond donors (Lipinski definition) is 2. The molecule has 0 bridgehead atoms. The first-order valence-electron chi connectivity index (χ1n) is 4.13. The van der Waals surface area contributed by atoms with Gasteiger partial charge in [0.15, 0.2) is 5.69 Å². The molecule has 2 aliphatic rings. The Balaban J connectivity index is 2.15. The third-order valence-electron chi connectivity index (χ3n) is 2.33. The van der Waals surface area contributed by atoms with E-state index in [4.69, 9.17) is 0 Å². The molecule has 2 atom stereocenters. The molecule has 1 aromatic rings. The smallest absolute Gasteiger partial charge is 0.258 e. The normalized spacial score (nSPS) is 28.1. The molecule has 1 aliphatic carbocycles.